The van der Waals surface area contributed by atoms with Crippen LogP contribution in [0.5, 0.6) is 0 Å². The predicted molar refractivity (Wildman–Crippen MR) is 73.8 cm³/mol. The Balaban J connectivity index is 2.33. The van der Waals surface area contributed by atoms with Crippen molar-refractivity contribution in [3.8, 4) is 11.1 Å². The molecule has 2 rings (SSSR count). The van der Waals surface area contributed by atoms with Crippen LogP contribution < -0.4 is 0 Å². The van der Waals surface area contributed by atoms with Crippen LogP contribution in [-0.2, 0) is 0 Å². The highest BCUT2D eigenvalue weighted by atomic mass is 32.2. The molecule has 1 atom stereocenters. The van der Waals surface area contributed by atoms with E-state index in [2.05, 4.69) is 25.3 Å². The van der Waals surface area contributed by atoms with E-state index in [9.17, 15) is 4.39 Å². The van der Waals surface area contributed by atoms with Crippen molar-refractivity contribution in [2.24, 2.45) is 0 Å². The first-order valence-electron chi connectivity index (χ1n) is 5.60. The molecule has 2 aromatic carbocycles. The average Bonchev–Trinajstić information content (AvgIpc) is 2.39. The van der Waals surface area contributed by atoms with Crippen molar-refractivity contribution in [2.45, 2.75) is 12.2 Å². The first kappa shape index (κ1) is 12.2. The van der Waals surface area contributed by atoms with Gasteiger partial charge in [0.25, 0.3) is 0 Å². The van der Waals surface area contributed by atoms with Gasteiger partial charge in [0.05, 0.1) is 0 Å². The summed E-state index contributed by atoms with van der Waals surface area (Å²) in [6, 6.07) is 15.0. The Morgan fingerprint density at radius 1 is 1.00 bits per heavy atom. The predicted octanol–water partition coefficient (Wildman–Crippen LogP) is 4.92. The summed E-state index contributed by atoms with van der Waals surface area (Å²) in [4.78, 5) is 0. The summed E-state index contributed by atoms with van der Waals surface area (Å²) in [5, 5.41) is 0.477. The molecule has 0 aliphatic rings. The van der Waals surface area contributed by atoms with Crippen LogP contribution in [0.3, 0.4) is 0 Å². The molecule has 0 saturated heterocycles. The van der Waals surface area contributed by atoms with E-state index in [-0.39, 0.29) is 5.82 Å². The van der Waals surface area contributed by atoms with E-state index in [1.165, 1.54) is 11.6 Å². The number of thioether (sulfide) groups is 1. The highest BCUT2D eigenvalue weighted by Gasteiger charge is 2.06. The highest BCUT2D eigenvalue weighted by Crippen LogP contribution is 2.28. The lowest BCUT2D eigenvalue weighted by Gasteiger charge is -2.09. The molecular weight excluding hydrogens is 231 g/mol. The number of hydrogen-bond donors (Lipinski definition) is 0. The molecule has 0 aromatic heterocycles. The summed E-state index contributed by atoms with van der Waals surface area (Å²) >= 11 is 1.81. The molecule has 0 saturated carbocycles. The lowest BCUT2D eigenvalue weighted by molar-refractivity contribution is 0.631. The Morgan fingerprint density at radius 2 is 1.65 bits per heavy atom. The minimum absolute atomic E-state index is 0.168. The van der Waals surface area contributed by atoms with E-state index < -0.39 is 0 Å². The fourth-order valence-corrected chi connectivity index (χ4v) is 2.19. The molecule has 0 fully saturated rings. The van der Waals surface area contributed by atoms with Crippen LogP contribution in [0.4, 0.5) is 4.39 Å². The molecule has 2 aromatic rings. The van der Waals surface area contributed by atoms with Crippen LogP contribution in [0.15, 0.2) is 48.5 Å². The van der Waals surface area contributed by atoms with Gasteiger partial charge in [-0.1, -0.05) is 42.5 Å². The van der Waals surface area contributed by atoms with Crippen molar-refractivity contribution in [3.63, 3.8) is 0 Å². The molecule has 0 spiro atoms. The maximum absolute atomic E-state index is 13.6. The molecular formula is C15H15FS. The Bertz CT molecular complexity index is 491. The first-order chi connectivity index (χ1) is 8.22. The molecule has 0 aliphatic heterocycles. The van der Waals surface area contributed by atoms with Crippen molar-refractivity contribution >= 4 is 11.8 Å². The van der Waals surface area contributed by atoms with Crippen LogP contribution in [0.1, 0.15) is 17.7 Å². The van der Waals surface area contributed by atoms with Crippen molar-refractivity contribution in [2.75, 3.05) is 6.26 Å². The van der Waals surface area contributed by atoms with E-state index in [0.29, 0.717) is 10.8 Å². The summed E-state index contributed by atoms with van der Waals surface area (Å²) in [5.41, 5.74) is 2.87. The third kappa shape index (κ3) is 2.70. The summed E-state index contributed by atoms with van der Waals surface area (Å²) in [6.07, 6.45) is 2.09. The van der Waals surface area contributed by atoms with Crippen LogP contribution in [0, 0.1) is 5.82 Å². The first-order valence-corrected chi connectivity index (χ1v) is 6.89. The van der Waals surface area contributed by atoms with Crippen LogP contribution in [0.25, 0.3) is 11.1 Å². The van der Waals surface area contributed by atoms with E-state index in [4.69, 9.17) is 0 Å². The van der Waals surface area contributed by atoms with Crippen LogP contribution in [-0.4, -0.2) is 6.26 Å². The van der Waals surface area contributed by atoms with Gasteiger partial charge in [0.2, 0.25) is 0 Å². The summed E-state index contributed by atoms with van der Waals surface area (Å²) < 4.78 is 13.6. The minimum atomic E-state index is -0.168. The maximum Gasteiger partial charge on any atom is 0.131 e. The van der Waals surface area contributed by atoms with Crippen molar-refractivity contribution in [1.29, 1.82) is 0 Å². The van der Waals surface area contributed by atoms with Gasteiger partial charge in [-0.05, 0) is 30.4 Å². The van der Waals surface area contributed by atoms with Gasteiger partial charge in [-0.25, -0.2) is 4.39 Å². The van der Waals surface area contributed by atoms with E-state index in [1.807, 2.05) is 36.0 Å². The van der Waals surface area contributed by atoms with Gasteiger partial charge in [0.15, 0.2) is 0 Å². The van der Waals surface area contributed by atoms with Gasteiger partial charge >= 0.3 is 0 Å². The van der Waals surface area contributed by atoms with Gasteiger partial charge in [0, 0.05) is 10.8 Å². The fourth-order valence-electron chi connectivity index (χ4n) is 1.77. The largest absolute Gasteiger partial charge is 0.206 e. The molecule has 0 amide bonds. The second-order valence-electron chi connectivity index (χ2n) is 3.98. The number of benzene rings is 2. The maximum atomic E-state index is 13.6. The van der Waals surface area contributed by atoms with Crippen molar-refractivity contribution < 1.29 is 4.39 Å². The Morgan fingerprint density at radius 3 is 2.24 bits per heavy atom. The van der Waals surface area contributed by atoms with Crippen molar-refractivity contribution in [3.05, 3.63) is 59.9 Å². The number of hydrogen-bond acceptors (Lipinski definition) is 1. The van der Waals surface area contributed by atoms with Crippen molar-refractivity contribution in [1.82, 2.24) is 0 Å². The van der Waals surface area contributed by atoms with E-state index >= 15 is 0 Å². The molecule has 17 heavy (non-hydrogen) atoms. The minimum Gasteiger partial charge on any atom is -0.206 e. The Kier molecular flexibility index (Phi) is 3.85. The summed E-state index contributed by atoms with van der Waals surface area (Å²) in [6.45, 7) is 2.17. The van der Waals surface area contributed by atoms with Gasteiger partial charge < -0.3 is 0 Å². The third-order valence-corrected chi connectivity index (χ3v) is 3.90. The number of rotatable bonds is 3. The van der Waals surface area contributed by atoms with Gasteiger partial charge in [0.1, 0.15) is 5.82 Å². The zero-order valence-electron chi connectivity index (χ0n) is 9.98. The topological polar surface area (TPSA) is 0 Å². The standard InChI is InChI=1S/C15H15FS/c1-11(17-2)12-7-9-13(10-8-12)14-5-3-4-6-15(14)16/h3-11H,1-2H3. The third-order valence-electron chi connectivity index (χ3n) is 2.92. The van der Waals surface area contributed by atoms with Gasteiger partial charge in [-0.15, -0.1) is 0 Å². The monoisotopic (exact) mass is 246 g/mol. The molecule has 0 aliphatic carbocycles. The van der Waals surface area contributed by atoms with Crippen LogP contribution in [0.2, 0.25) is 0 Å². The smallest absolute Gasteiger partial charge is 0.131 e. The molecule has 1 unspecified atom stereocenters. The van der Waals surface area contributed by atoms with E-state index in [1.54, 1.807) is 6.07 Å². The Labute approximate surface area is 106 Å². The zero-order valence-corrected chi connectivity index (χ0v) is 10.8. The quantitative estimate of drug-likeness (QED) is 0.741. The molecule has 88 valence electrons. The van der Waals surface area contributed by atoms with Crippen LogP contribution >= 0.6 is 11.8 Å². The molecule has 0 heterocycles. The molecule has 0 N–H and O–H groups in total. The SMILES string of the molecule is CSC(C)c1ccc(-c2ccccc2F)cc1. The lowest BCUT2D eigenvalue weighted by Crippen LogP contribution is -1.88. The molecule has 0 bridgehead atoms. The Hall–Kier alpha value is -1.28. The lowest BCUT2D eigenvalue weighted by atomic mass is 10.0. The van der Waals surface area contributed by atoms with E-state index in [0.717, 1.165) is 5.56 Å². The normalized spacial score (nSPS) is 12.4. The second-order valence-corrected chi connectivity index (χ2v) is 5.16. The molecule has 0 radical (unpaired) electrons. The summed E-state index contributed by atoms with van der Waals surface area (Å²) in [7, 11) is 0. The average molecular weight is 246 g/mol. The zero-order chi connectivity index (χ0) is 12.3. The summed E-state index contributed by atoms with van der Waals surface area (Å²) in [5.74, 6) is -0.168. The second kappa shape index (κ2) is 5.37. The fraction of sp³-hybridized carbons (Fsp3) is 0.200. The van der Waals surface area contributed by atoms with Gasteiger partial charge in [-0.2, -0.15) is 11.8 Å². The van der Waals surface area contributed by atoms with Gasteiger partial charge in [-0.3, -0.25) is 0 Å². The molecule has 0 nitrogen and oxygen atoms in total. The highest BCUT2D eigenvalue weighted by molar-refractivity contribution is 7.98. The number of halogens is 1. The molecule has 2 heteroatoms.